The van der Waals surface area contributed by atoms with Crippen LogP contribution in [0.15, 0.2) is 48.8 Å². The first kappa shape index (κ1) is 20.4. The van der Waals surface area contributed by atoms with E-state index < -0.39 is 6.04 Å². The summed E-state index contributed by atoms with van der Waals surface area (Å²) >= 11 is 0. The van der Waals surface area contributed by atoms with E-state index >= 15 is 0 Å². The highest BCUT2D eigenvalue weighted by Crippen LogP contribution is 2.13. The highest BCUT2D eigenvalue weighted by atomic mass is 16.5. The van der Waals surface area contributed by atoms with Crippen molar-refractivity contribution in [2.75, 3.05) is 6.61 Å². The molecule has 0 unspecified atom stereocenters. The average Bonchev–Trinajstić information content (AvgIpc) is 2.66. The second kappa shape index (κ2) is 10.3. The van der Waals surface area contributed by atoms with Gasteiger partial charge in [-0.3, -0.25) is 14.6 Å². The minimum Gasteiger partial charge on any atom is -0.494 e. The van der Waals surface area contributed by atoms with E-state index in [1.165, 1.54) is 0 Å². The third kappa shape index (κ3) is 6.73. The Labute approximate surface area is 160 Å². The van der Waals surface area contributed by atoms with Gasteiger partial charge in [-0.1, -0.05) is 32.0 Å². The van der Waals surface area contributed by atoms with E-state index in [0.29, 0.717) is 13.2 Å². The molecule has 144 valence electrons. The number of benzene rings is 1. The fourth-order valence-electron chi connectivity index (χ4n) is 2.62. The van der Waals surface area contributed by atoms with Gasteiger partial charge >= 0.3 is 0 Å². The predicted molar refractivity (Wildman–Crippen MR) is 104 cm³/mol. The fraction of sp³-hybridized carbons (Fsp3) is 0.381. The Morgan fingerprint density at radius 3 is 2.44 bits per heavy atom. The molecule has 2 amide bonds. The molecule has 2 rings (SSSR count). The molecule has 1 aromatic heterocycles. The van der Waals surface area contributed by atoms with Gasteiger partial charge in [0.2, 0.25) is 11.8 Å². The predicted octanol–water partition coefficient (Wildman–Crippen LogP) is 2.48. The first-order chi connectivity index (χ1) is 13.0. The van der Waals surface area contributed by atoms with E-state index in [9.17, 15) is 9.59 Å². The van der Waals surface area contributed by atoms with Crippen LogP contribution in [0.4, 0.5) is 0 Å². The first-order valence-electron chi connectivity index (χ1n) is 9.17. The molecule has 0 fully saturated rings. The molecule has 1 heterocycles. The minimum absolute atomic E-state index is 0.0248. The number of aromatic nitrogens is 1. The van der Waals surface area contributed by atoms with E-state index in [1.807, 2.05) is 57.2 Å². The van der Waals surface area contributed by atoms with Gasteiger partial charge in [0.25, 0.3) is 0 Å². The van der Waals surface area contributed by atoms with Crippen molar-refractivity contribution < 1.29 is 14.3 Å². The maximum absolute atomic E-state index is 12.5. The van der Waals surface area contributed by atoms with E-state index in [2.05, 4.69) is 15.6 Å². The van der Waals surface area contributed by atoms with Crippen molar-refractivity contribution in [1.29, 1.82) is 0 Å². The lowest BCUT2D eigenvalue weighted by Gasteiger charge is -2.22. The number of nitrogens with zero attached hydrogens (tertiary/aromatic N) is 1. The number of carbonyl (C=O) groups excluding carboxylic acids is 2. The molecule has 0 saturated heterocycles. The van der Waals surface area contributed by atoms with Gasteiger partial charge in [0.1, 0.15) is 11.8 Å². The number of hydrogen-bond donors (Lipinski definition) is 2. The summed E-state index contributed by atoms with van der Waals surface area (Å²) in [7, 11) is 0. The normalized spacial score (nSPS) is 11.7. The molecule has 0 aliphatic carbocycles. The molecular formula is C21H27N3O3. The number of carbonyl (C=O) groups is 2. The van der Waals surface area contributed by atoms with Crippen LogP contribution >= 0.6 is 0 Å². The maximum Gasteiger partial charge on any atom is 0.243 e. The summed E-state index contributed by atoms with van der Waals surface area (Å²) < 4.78 is 5.40. The van der Waals surface area contributed by atoms with Gasteiger partial charge in [0, 0.05) is 18.9 Å². The summed E-state index contributed by atoms with van der Waals surface area (Å²) in [5, 5.41) is 5.70. The Hall–Kier alpha value is -2.89. The first-order valence-corrected chi connectivity index (χ1v) is 9.17. The molecule has 1 atom stereocenters. The van der Waals surface area contributed by atoms with Crippen LogP contribution < -0.4 is 15.4 Å². The number of pyridine rings is 1. The van der Waals surface area contributed by atoms with Gasteiger partial charge in [-0.15, -0.1) is 0 Å². The van der Waals surface area contributed by atoms with Gasteiger partial charge in [0.05, 0.1) is 13.0 Å². The molecule has 0 saturated carbocycles. The zero-order valence-electron chi connectivity index (χ0n) is 16.1. The molecule has 0 spiro atoms. The van der Waals surface area contributed by atoms with Crippen molar-refractivity contribution in [1.82, 2.24) is 15.6 Å². The lowest BCUT2D eigenvalue weighted by Crippen LogP contribution is -2.49. The van der Waals surface area contributed by atoms with Crippen LogP contribution in [0.5, 0.6) is 5.75 Å². The summed E-state index contributed by atoms with van der Waals surface area (Å²) in [5.74, 6) is 0.364. The van der Waals surface area contributed by atoms with Gasteiger partial charge in [-0.05, 0) is 42.2 Å². The van der Waals surface area contributed by atoms with Gasteiger partial charge < -0.3 is 15.4 Å². The third-order valence-electron chi connectivity index (χ3n) is 4.05. The molecule has 2 N–H and O–H groups in total. The zero-order valence-corrected chi connectivity index (χ0v) is 16.1. The lowest BCUT2D eigenvalue weighted by atomic mass is 10.0. The summed E-state index contributed by atoms with van der Waals surface area (Å²) in [6.45, 7) is 6.72. The molecule has 0 aliphatic rings. The van der Waals surface area contributed by atoms with Crippen molar-refractivity contribution in [3.05, 3.63) is 59.9 Å². The van der Waals surface area contributed by atoms with Gasteiger partial charge in [-0.2, -0.15) is 0 Å². The lowest BCUT2D eigenvalue weighted by molar-refractivity contribution is -0.129. The Morgan fingerprint density at radius 1 is 1.11 bits per heavy atom. The average molecular weight is 369 g/mol. The summed E-state index contributed by atoms with van der Waals surface area (Å²) in [6.07, 6.45) is 3.60. The second-order valence-corrected chi connectivity index (χ2v) is 6.62. The zero-order chi connectivity index (χ0) is 19.6. The van der Waals surface area contributed by atoms with Crippen molar-refractivity contribution in [3.8, 4) is 5.75 Å². The number of nitrogens with one attached hydrogen (secondary N) is 2. The van der Waals surface area contributed by atoms with Crippen LogP contribution in [0.3, 0.4) is 0 Å². The van der Waals surface area contributed by atoms with Gasteiger partial charge in [-0.25, -0.2) is 0 Å². The van der Waals surface area contributed by atoms with Crippen molar-refractivity contribution in [2.24, 2.45) is 5.92 Å². The van der Waals surface area contributed by atoms with Crippen LogP contribution in [-0.2, 0) is 22.6 Å². The smallest absolute Gasteiger partial charge is 0.243 e. The molecular weight excluding hydrogens is 342 g/mol. The van der Waals surface area contributed by atoms with Crippen LogP contribution in [0.2, 0.25) is 0 Å². The molecule has 27 heavy (non-hydrogen) atoms. The molecule has 2 aromatic rings. The summed E-state index contributed by atoms with van der Waals surface area (Å²) in [5.41, 5.74) is 1.78. The molecule has 0 radical (unpaired) electrons. The van der Waals surface area contributed by atoms with Crippen molar-refractivity contribution in [3.63, 3.8) is 0 Å². The Balaban J connectivity index is 1.89. The van der Waals surface area contributed by atoms with Crippen LogP contribution in [0.25, 0.3) is 0 Å². The van der Waals surface area contributed by atoms with Crippen LogP contribution in [0, 0.1) is 5.92 Å². The third-order valence-corrected chi connectivity index (χ3v) is 4.05. The molecule has 6 nitrogen and oxygen atoms in total. The summed E-state index contributed by atoms with van der Waals surface area (Å²) in [4.78, 5) is 28.9. The maximum atomic E-state index is 12.5. The van der Waals surface area contributed by atoms with Crippen molar-refractivity contribution >= 4 is 11.8 Å². The topological polar surface area (TPSA) is 80.3 Å². The number of rotatable bonds is 9. The number of hydrogen-bond acceptors (Lipinski definition) is 4. The largest absolute Gasteiger partial charge is 0.494 e. The highest BCUT2D eigenvalue weighted by molar-refractivity contribution is 5.88. The SMILES string of the molecule is CCOc1ccc(CC(=O)N[C@@H](C(=O)NCc2cccnc2)C(C)C)cc1. The number of ether oxygens (including phenoxy) is 1. The highest BCUT2D eigenvalue weighted by Gasteiger charge is 2.23. The van der Waals surface area contributed by atoms with E-state index in [-0.39, 0.29) is 24.2 Å². The quantitative estimate of drug-likeness (QED) is 0.712. The van der Waals surface area contributed by atoms with Crippen LogP contribution in [-0.4, -0.2) is 29.4 Å². The number of amides is 2. The Morgan fingerprint density at radius 2 is 1.85 bits per heavy atom. The monoisotopic (exact) mass is 369 g/mol. The second-order valence-electron chi connectivity index (χ2n) is 6.62. The Kier molecular flexibility index (Phi) is 7.79. The minimum atomic E-state index is -0.586. The fourth-order valence-corrected chi connectivity index (χ4v) is 2.62. The van der Waals surface area contributed by atoms with E-state index in [4.69, 9.17) is 4.74 Å². The molecule has 0 bridgehead atoms. The van der Waals surface area contributed by atoms with E-state index in [0.717, 1.165) is 16.9 Å². The molecule has 1 aromatic carbocycles. The van der Waals surface area contributed by atoms with Crippen molar-refractivity contribution in [2.45, 2.75) is 39.8 Å². The van der Waals surface area contributed by atoms with Crippen LogP contribution in [0.1, 0.15) is 31.9 Å². The summed E-state index contributed by atoms with van der Waals surface area (Å²) in [6, 6.07) is 10.5. The molecule has 6 heteroatoms. The van der Waals surface area contributed by atoms with Gasteiger partial charge in [0.15, 0.2) is 0 Å². The van der Waals surface area contributed by atoms with E-state index in [1.54, 1.807) is 12.4 Å². The molecule has 0 aliphatic heterocycles. The Bertz CT molecular complexity index is 730. The standard InChI is InChI=1S/C21H27N3O3/c1-4-27-18-9-7-16(8-10-18)12-19(25)24-20(15(2)3)21(26)23-14-17-6-5-11-22-13-17/h5-11,13,15,20H,4,12,14H2,1-3H3,(H,23,26)(H,24,25)/t20-/m1/s1.